The third-order valence-electron chi connectivity index (χ3n) is 3.62. The number of ketones is 1. The zero-order valence-corrected chi connectivity index (χ0v) is 14.9. The summed E-state index contributed by atoms with van der Waals surface area (Å²) in [5.74, 6) is -2.86. The SMILES string of the molecule is CC(C)CC(NC(=O)C(C)N)C(=O)C(N)(CCCNC(N)=O)C(=O)O. The van der Waals surface area contributed by atoms with Crippen LogP contribution in [0.3, 0.4) is 0 Å². The average Bonchev–Trinajstić information content (AvgIpc) is 2.48. The van der Waals surface area contributed by atoms with Crippen molar-refractivity contribution in [3.63, 3.8) is 0 Å². The Kier molecular flexibility index (Phi) is 9.07. The number of carboxylic acids is 1. The van der Waals surface area contributed by atoms with Crippen LogP contribution in [0.15, 0.2) is 0 Å². The molecule has 3 amide bonds. The number of hydrogen-bond donors (Lipinski definition) is 6. The van der Waals surface area contributed by atoms with Crippen molar-refractivity contribution in [3.05, 3.63) is 0 Å². The Balaban J connectivity index is 5.27. The number of Topliss-reactive ketones (excluding diaryl/α,β-unsaturated/α-hetero) is 1. The first-order chi connectivity index (χ1) is 11.4. The molecular weight excluding hydrogens is 330 g/mol. The number of amides is 3. The molecule has 0 aromatic rings. The molecule has 3 unspecified atom stereocenters. The second-order valence-corrected chi connectivity index (χ2v) is 6.51. The maximum atomic E-state index is 12.8. The Hall–Kier alpha value is -2.20. The Morgan fingerprint density at radius 3 is 2.12 bits per heavy atom. The maximum Gasteiger partial charge on any atom is 0.331 e. The van der Waals surface area contributed by atoms with Gasteiger partial charge >= 0.3 is 12.0 Å². The highest BCUT2D eigenvalue weighted by molar-refractivity contribution is 6.10. The van der Waals surface area contributed by atoms with Gasteiger partial charge in [0, 0.05) is 6.54 Å². The first-order valence-corrected chi connectivity index (χ1v) is 8.07. The lowest BCUT2D eigenvalue weighted by atomic mass is 9.83. The van der Waals surface area contributed by atoms with Gasteiger partial charge in [-0.2, -0.15) is 0 Å². The Morgan fingerprint density at radius 2 is 1.72 bits per heavy atom. The highest BCUT2D eigenvalue weighted by Gasteiger charge is 2.45. The molecule has 0 aromatic carbocycles. The van der Waals surface area contributed by atoms with Crippen LogP contribution in [0.1, 0.15) is 40.0 Å². The molecule has 3 atom stereocenters. The van der Waals surface area contributed by atoms with E-state index < -0.39 is 41.3 Å². The van der Waals surface area contributed by atoms with Gasteiger partial charge in [-0.15, -0.1) is 0 Å². The van der Waals surface area contributed by atoms with Gasteiger partial charge < -0.3 is 32.9 Å². The Morgan fingerprint density at radius 1 is 1.16 bits per heavy atom. The number of urea groups is 1. The Labute approximate surface area is 146 Å². The fraction of sp³-hybridized carbons (Fsp3) is 0.733. The fourth-order valence-electron chi connectivity index (χ4n) is 2.23. The zero-order valence-electron chi connectivity index (χ0n) is 14.9. The van der Waals surface area contributed by atoms with E-state index in [9.17, 15) is 24.3 Å². The van der Waals surface area contributed by atoms with Crippen molar-refractivity contribution < 1.29 is 24.3 Å². The summed E-state index contributed by atoms with van der Waals surface area (Å²) in [4.78, 5) is 46.8. The molecule has 0 aliphatic rings. The predicted molar refractivity (Wildman–Crippen MR) is 91.4 cm³/mol. The number of primary amides is 1. The summed E-state index contributed by atoms with van der Waals surface area (Å²) in [6.07, 6.45) is 0.139. The lowest BCUT2D eigenvalue weighted by Crippen LogP contribution is -2.62. The second kappa shape index (κ2) is 9.94. The average molecular weight is 359 g/mol. The third kappa shape index (κ3) is 7.48. The van der Waals surface area contributed by atoms with Crippen molar-refractivity contribution in [1.82, 2.24) is 10.6 Å². The lowest BCUT2D eigenvalue weighted by molar-refractivity contribution is -0.150. The quantitative estimate of drug-likeness (QED) is 0.194. The van der Waals surface area contributed by atoms with Crippen LogP contribution in [-0.4, -0.2) is 53.0 Å². The molecule has 0 aliphatic carbocycles. The van der Waals surface area contributed by atoms with Crippen LogP contribution in [0.4, 0.5) is 4.79 Å². The van der Waals surface area contributed by atoms with Gasteiger partial charge in [0.1, 0.15) is 0 Å². The topological polar surface area (TPSA) is 191 Å². The van der Waals surface area contributed by atoms with Crippen molar-refractivity contribution in [2.75, 3.05) is 6.54 Å². The molecule has 10 heteroatoms. The molecule has 9 N–H and O–H groups in total. The summed E-state index contributed by atoms with van der Waals surface area (Å²) in [5.41, 5.74) is 14.1. The van der Waals surface area contributed by atoms with Crippen molar-refractivity contribution in [3.8, 4) is 0 Å². The van der Waals surface area contributed by atoms with Gasteiger partial charge in [-0.25, -0.2) is 9.59 Å². The van der Waals surface area contributed by atoms with Gasteiger partial charge in [-0.05, 0) is 32.1 Å². The molecule has 0 saturated carbocycles. The minimum absolute atomic E-state index is 0.0110. The molecule has 0 spiro atoms. The van der Waals surface area contributed by atoms with Gasteiger partial charge in [0.25, 0.3) is 0 Å². The van der Waals surface area contributed by atoms with Crippen LogP contribution >= 0.6 is 0 Å². The standard InChI is InChI=1S/C15H29N5O5/c1-8(2)7-10(20-12(22)9(3)16)11(21)15(18,13(23)24)5-4-6-19-14(17)25/h8-10H,4-7,16,18H2,1-3H3,(H,20,22)(H,23,24)(H3,17,19,25). The number of hydrogen-bond acceptors (Lipinski definition) is 6. The number of carbonyl (C=O) groups excluding carboxylic acids is 3. The minimum atomic E-state index is -2.19. The summed E-state index contributed by atoms with van der Waals surface area (Å²) >= 11 is 0. The molecule has 0 aliphatic heterocycles. The molecule has 0 saturated heterocycles. The zero-order chi connectivity index (χ0) is 19.8. The van der Waals surface area contributed by atoms with E-state index in [-0.39, 0.29) is 31.7 Å². The maximum absolute atomic E-state index is 12.8. The van der Waals surface area contributed by atoms with E-state index in [4.69, 9.17) is 17.2 Å². The molecule has 0 aromatic heterocycles. The van der Waals surface area contributed by atoms with Crippen molar-refractivity contribution in [2.24, 2.45) is 23.1 Å². The molecule has 0 bridgehead atoms. The lowest BCUT2D eigenvalue weighted by Gasteiger charge is -2.30. The molecule has 0 fully saturated rings. The van der Waals surface area contributed by atoms with Crippen molar-refractivity contribution in [2.45, 2.75) is 57.7 Å². The largest absolute Gasteiger partial charge is 0.480 e. The van der Waals surface area contributed by atoms with Crippen molar-refractivity contribution in [1.29, 1.82) is 0 Å². The fourth-order valence-corrected chi connectivity index (χ4v) is 2.23. The number of rotatable bonds is 11. The second-order valence-electron chi connectivity index (χ2n) is 6.51. The van der Waals surface area contributed by atoms with Gasteiger partial charge in [-0.1, -0.05) is 13.8 Å². The van der Waals surface area contributed by atoms with Gasteiger partial charge in [0.15, 0.2) is 11.3 Å². The van der Waals surface area contributed by atoms with E-state index in [1.807, 2.05) is 13.8 Å². The molecule has 25 heavy (non-hydrogen) atoms. The summed E-state index contributed by atoms with van der Waals surface area (Å²) in [7, 11) is 0. The summed E-state index contributed by atoms with van der Waals surface area (Å²) < 4.78 is 0. The van der Waals surface area contributed by atoms with Crippen LogP contribution in [0.2, 0.25) is 0 Å². The smallest absolute Gasteiger partial charge is 0.331 e. The number of aliphatic carboxylic acids is 1. The normalized spacial score (nSPS) is 15.8. The van der Waals surface area contributed by atoms with Crippen molar-refractivity contribution >= 4 is 23.7 Å². The summed E-state index contributed by atoms with van der Waals surface area (Å²) in [6, 6.07) is -2.67. The van der Waals surface area contributed by atoms with Gasteiger partial charge in [0.2, 0.25) is 5.91 Å². The molecule has 0 rings (SSSR count). The summed E-state index contributed by atoms with van der Waals surface area (Å²) in [6.45, 7) is 5.19. The molecular formula is C15H29N5O5. The van der Waals surface area contributed by atoms with E-state index in [0.29, 0.717) is 0 Å². The summed E-state index contributed by atoms with van der Waals surface area (Å²) in [5, 5.41) is 14.2. The number of nitrogens with one attached hydrogen (secondary N) is 2. The predicted octanol–water partition coefficient (Wildman–Crippen LogP) is -1.34. The molecule has 0 radical (unpaired) electrons. The first-order valence-electron chi connectivity index (χ1n) is 8.07. The van der Waals surface area contributed by atoms with E-state index in [1.165, 1.54) is 6.92 Å². The molecule has 0 heterocycles. The number of nitrogens with two attached hydrogens (primary N) is 3. The van der Waals surface area contributed by atoms with Crippen LogP contribution in [0.5, 0.6) is 0 Å². The van der Waals surface area contributed by atoms with Crippen LogP contribution in [-0.2, 0) is 14.4 Å². The van der Waals surface area contributed by atoms with Gasteiger partial charge in [0.05, 0.1) is 12.1 Å². The highest BCUT2D eigenvalue weighted by atomic mass is 16.4. The molecule has 10 nitrogen and oxygen atoms in total. The van der Waals surface area contributed by atoms with Gasteiger partial charge in [-0.3, -0.25) is 9.59 Å². The van der Waals surface area contributed by atoms with E-state index >= 15 is 0 Å². The van der Waals surface area contributed by atoms with Crippen LogP contribution < -0.4 is 27.8 Å². The van der Waals surface area contributed by atoms with Crippen LogP contribution in [0, 0.1) is 5.92 Å². The third-order valence-corrected chi connectivity index (χ3v) is 3.62. The minimum Gasteiger partial charge on any atom is -0.480 e. The number of carboxylic acid groups (broad SMARTS) is 1. The monoisotopic (exact) mass is 359 g/mol. The van der Waals surface area contributed by atoms with E-state index in [1.54, 1.807) is 0 Å². The number of carbonyl (C=O) groups is 4. The highest BCUT2D eigenvalue weighted by Crippen LogP contribution is 2.18. The van der Waals surface area contributed by atoms with E-state index in [2.05, 4.69) is 10.6 Å². The van der Waals surface area contributed by atoms with E-state index in [0.717, 1.165) is 0 Å². The first kappa shape index (κ1) is 22.8. The molecule has 144 valence electrons. The van der Waals surface area contributed by atoms with Crippen LogP contribution in [0.25, 0.3) is 0 Å². The Bertz CT molecular complexity index is 509.